The lowest BCUT2D eigenvalue weighted by Crippen LogP contribution is -2.31. The minimum Gasteiger partial charge on any atom is -0.507 e. The highest BCUT2D eigenvalue weighted by atomic mass is 16.5. The van der Waals surface area contributed by atoms with Gasteiger partial charge in [0, 0.05) is 18.7 Å². The Morgan fingerprint density at radius 2 is 1.71 bits per heavy atom. The Bertz CT molecular complexity index is 1090. The minimum absolute atomic E-state index is 0.0178. The molecule has 1 aliphatic heterocycles. The van der Waals surface area contributed by atoms with E-state index >= 15 is 0 Å². The molecule has 0 radical (unpaired) electrons. The van der Waals surface area contributed by atoms with E-state index < -0.39 is 17.7 Å². The number of amides is 1. The van der Waals surface area contributed by atoms with E-state index in [0.29, 0.717) is 30.9 Å². The number of aliphatic hydroxyl groups excluding tert-OH is 1. The van der Waals surface area contributed by atoms with Crippen molar-refractivity contribution < 1.29 is 24.2 Å². The van der Waals surface area contributed by atoms with Gasteiger partial charge in [0.15, 0.2) is 0 Å². The number of aliphatic hydroxyl groups is 1. The number of carbonyl (C=O) groups is 2. The van der Waals surface area contributed by atoms with Gasteiger partial charge in [0.25, 0.3) is 11.7 Å². The van der Waals surface area contributed by atoms with Gasteiger partial charge in [-0.2, -0.15) is 0 Å². The number of hydrogen-bond acceptors (Lipinski definition) is 5. The third-order valence-corrected chi connectivity index (χ3v) is 5.83. The third kappa shape index (κ3) is 5.50. The Kier molecular flexibility index (Phi) is 8.15. The number of benzene rings is 2. The lowest BCUT2D eigenvalue weighted by atomic mass is 9.92. The highest BCUT2D eigenvalue weighted by molar-refractivity contribution is 6.46. The smallest absolute Gasteiger partial charge is 0.295 e. The summed E-state index contributed by atoms with van der Waals surface area (Å²) in [6.07, 6.45) is 0.700. The van der Waals surface area contributed by atoms with Gasteiger partial charge in [-0.25, -0.2) is 0 Å². The molecule has 6 heteroatoms. The van der Waals surface area contributed by atoms with Crippen molar-refractivity contribution in [1.82, 2.24) is 4.90 Å². The van der Waals surface area contributed by atoms with Crippen LogP contribution in [0, 0.1) is 13.8 Å². The summed E-state index contributed by atoms with van der Waals surface area (Å²) in [5.41, 5.74) is 3.20. The normalized spacial score (nSPS) is 17.8. The number of rotatable bonds is 9. The second-order valence-corrected chi connectivity index (χ2v) is 9.27. The van der Waals surface area contributed by atoms with E-state index in [1.807, 2.05) is 65.8 Å². The molecule has 1 unspecified atom stereocenters. The molecule has 1 amide bonds. The summed E-state index contributed by atoms with van der Waals surface area (Å²) in [7, 11) is 0. The van der Waals surface area contributed by atoms with Crippen LogP contribution < -0.4 is 4.74 Å². The summed E-state index contributed by atoms with van der Waals surface area (Å²) in [4.78, 5) is 27.8. The van der Waals surface area contributed by atoms with Crippen LogP contribution in [0.1, 0.15) is 62.4 Å². The first-order chi connectivity index (χ1) is 16.1. The maximum absolute atomic E-state index is 13.2. The van der Waals surface area contributed by atoms with Gasteiger partial charge in [-0.05, 0) is 82.9 Å². The number of ketones is 1. The monoisotopic (exact) mass is 465 g/mol. The standard InChI is InChI=1S/C28H35NO5/c1-17(2)33-15-9-14-29-25(22-11-8-7-10-19(22)5)24(27(31)28(29)32)26(30)21-12-13-23(20(6)16-21)34-18(3)4/h7-8,10-13,16-18,25,30H,9,14-15H2,1-6H3/b26-24+. The molecule has 3 rings (SSSR count). The first-order valence-electron chi connectivity index (χ1n) is 11.8. The van der Waals surface area contributed by atoms with Crippen LogP contribution in [0.25, 0.3) is 5.76 Å². The van der Waals surface area contributed by atoms with Gasteiger partial charge >= 0.3 is 0 Å². The number of Topliss-reactive ketones (excluding diaryl/α,β-unsaturated/α-hetero) is 1. The van der Waals surface area contributed by atoms with Gasteiger partial charge in [-0.3, -0.25) is 9.59 Å². The van der Waals surface area contributed by atoms with E-state index in [1.54, 1.807) is 23.1 Å². The molecule has 1 N–H and O–H groups in total. The molecular formula is C28H35NO5. The molecule has 1 aliphatic rings. The van der Waals surface area contributed by atoms with Crippen molar-refractivity contribution >= 4 is 17.4 Å². The number of carbonyl (C=O) groups excluding carboxylic acids is 2. The molecule has 1 atom stereocenters. The first-order valence-corrected chi connectivity index (χ1v) is 11.8. The quantitative estimate of drug-likeness (QED) is 0.235. The van der Waals surface area contributed by atoms with Gasteiger partial charge < -0.3 is 19.5 Å². The molecular weight excluding hydrogens is 430 g/mol. The molecule has 0 spiro atoms. The van der Waals surface area contributed by atoms with Crippen molar-refractivity contribution in [2.45, 2.75) is 66.2 Å². The Hall–Kier alpha value is -3.12. The molecule has 0 aliphatic carbocycles. The van der Waals surface area contributed by atoms with E-state index in [0.717, 1.165) is 16.7 Å². The first kappa shape index (κ1) is 25.5. The molecule has 0 aromatic heterocycles. The molecule has 6 nitrogen and oxygen atoms in total. The fourth-order valence-corrected chi connectivity index (χ4v) is 4.22. The summed E-state index contributed by atoms with van der Waals surface area (Å²) >= 11 is 0. The molecule has 1 saturated heterocycles. The zero-order chi connectivity index (χ0) is 25.0. The molecule has 1 heterocycles. The van der Waals surface area contributed by atoms with Crippen LogP contribution in [0.5, 0.6) is 5.75 Å². The lowest BCUT2D eigenvalue weighted by Gasteiger charge is -2.26. The van der Waals surface area contributed by atoms with Gasteiger partial charge in [0.2, 0.25) is 0 Å². The average Bonchev–Trinajstić information content (AvgIpc) is 3.02. The van der Waals surface area contributed by atoms with E-state index in [4.69, 9.17) is 9.47 Å². The second kappa shape index (κ2) is 10.9. The van der Waals surface area contributed by atoms with E-state index in [-0.39, 0.29) is 23.5 Å². The maximum atomic E-state index is 13.2. The number of aryl methyl sites for hydroxylation is 2. The summed E-state index contributed by atoms with van der Waals surface area (Å²) in [6.45, 7) is 12.5. The predicted molar refractivity (Wildman–Crippen MR) is 133 cm³/mol. The zero-order valence-corrected chi connectivity index (χ0v) is 20.9. The third-order valence-electron chi connectivity index (χ3n) is 5.83. The number of likely N-dealkylation sites (tertiary alicyclic amines) is 1. The van der Waals surface area contributed by atoms with Gasteiger partial charge in [0.05, 0.1) is 23.8 Å². The number of hydrogen-bond donors (Lipinski definition) is 1. The maximum Gasteiger partial charge on any atom is 0.295 e. The Morgan fingerprint density at radius 1 is 1.00 bits per heavy atom. The number of ether oxygens (including phenoxy) is 2. The van der Waals surface area contributed by atoms with Crippen LogP contribution in [0.2, 0.25) is 0 Å². The number of nitrogens with zero attached hydrogens (tertiary/aromatic N) is 1. The fourth-order valence-electron chi connectivity index (χ4n) is 4.22. The van der Waals surface area contributed by atoms with Crippen molar-refractivity contribution in [2.75, 3.05) is 13.2 Å². The zero-order valence-electron chi connectivity index (χ0n) is 20.9. The molecule has 2 aromatic carbocycles. The lowest BCUT2D eigenvalue weighted by molar-refractivity contribution is -0.140. The average molecular weight is 466 g/mol. The Morgan fingerprint density at radius 3 is 2.32 bits per heavy atom. The molecule has 0 bridgehead atoms. The summed E-state index contributed by atoms with van der Waals surface area (Å²) in [6, 6.07) is 12.3. The highest BCUT2D eigenvalue weighted by Gasteiger charge is 2.46. The van der Waals surface area contributed by atoms with E-state index in [2.05, 4.69) is 0 Å². The van der Waals surface area contributed by atoms with Crippen LogP contribution in [0.3, 0.4) is 0 Å². The van der Waals surface area contributed by atoms with Crippen molar-refractivity contribution in [1.29, 1.82) is 0 Å². The molecule has 34 heavy (non-hydrogen) atoms. The molecule has 182 valence electrons. The Balaban J connectivity index is 2.05. The highest BCUT2D eigenvalue weighted by Crippen LogP contribution is 2.41. The summed E-state index contributed by atoms with van der Waals surface area (Å²) in [5.74, 6) is -0.731. The fraction of sp³-hybridized carbons (Fsp3) is 0.429. The summed E-state index contributed by atoms with van der Waals surface area (Å²) in [5, 5.41) is 11.3. The summed E-state index contributed by atoms with van der Waals surface area (Å²) < 4.78 is 11.4. The Labute approximate surface area is 202 Å². The predicted octanol–water partition coefficient (Wildman–Crippen LogP) is 5.33. The van der Waals surface area contributed by atoms with Gasteiger partial charge in [0.1, 0.15) is 11.5 Å². The molecule has 2 aromatic rings. The van der Waals surface area contributed by atoms with Gasteiger partial charge in [-0.15, -0.1) is 0 Å². The van der Waals surface area contributed by atoms with Crippen LogP contribution in [0.4, 0.5) is 0 Å². The van der Waals surface area contributed by atoms with Crippen molar-refractivity contribution in [2.24, 2.45) is 0 Å². The SMILES string of the molecule is Cc1cc(/C(O)=C2\C(=O)C(=O)N(CCCOC(C)C)C2c2ccccc2C)ccc1OC(C)C. The van der Waals surface area contributed by atoms with E-state index in [9.17, 15) is 14.7 Å². The van der Waals surface area contributed by atoms with Crippen molar-refractivity contribution in [3.63, 3.8) is 0 Å². The van der Waals surface area contributed by atoms with Crippen molar-refractivity contribution in [3.8, 4) is 5.75 Å². The van der Waals surface area contributed by atoms with Gasteiger partial charge in [-0.1, -0.05) is 24.3 Å². The minimum atomic E-state index is -0.671. The molecule has 0 saturated carbocycles. The van der Waals surface area contributed by atoms with Crippen molar-refractivity contribution in [3.05, 3.63) is 70.3 Å². The van der Waals surface area contributed by atoms with Crippen LogP contribution in [0.15, 0.2) is 48.0 Å². The van der Waals surface area contributed by atoms with Crippen LogP contribution in [-0.2, 0) is 14.3 Å². The van der Waals surface area contributed by atoms with Crippen LogP contribution in [-0.4, -0.2) is 47.1 Å². The topological polar surface area (TPSA) is 76.1 Å². The second-order valence-electron chi connectivity index (χ2n) is 9.27. The largest absolute Gasteiger partial charge is 0.507 e. The van der Waals surface area contributed by atoms with Crippen LogP contribution >= 0.6 is 0 Å². The molecule has 1 fully saturated rings. The van der Waals surface area contributed by atoms with E-state index in [1.165, 1.54) is 0 Å².